The van der Waals surface area contributed by atoms with Crippen molar-refractivity contribution in [1.82, 2.24) is 15.6 Å². The van der Waals surface area contributed by atoms with E-state index in [1.807, 2.05) is 30.3 Å². The van der Waals surface area contributed by atoms with E-state index in [0.717, 1.165) is 41.5 Å². The average molecular weight is 542 g/mol. The molecule has 0 unspecified atom stereocenters. The van der Waals surface area contributed by atoms with Crippen LogP contribution in [0, 0.1) is 0 Å². The highest BCUT2D eigenvalue weighted by atomic mass is 35.5. The number of rotatable bonds is 9. The number of amides is 1. The normalized spacial score (nSPS) is 18.4. The Balaban J connectivity index is 1.33. The third-order valence-electron chi connectivity index (χ3n) is 6.91. The molecule has 194 valence electrons. The number of carbonyl (C=O) groups is 1. The van der Waals surface area contributed by atoms with E-state index in [2.05, 4.69) is 27.8 Å². The highest BCUT2D eigenvalue weighted by molar-refractivity contribution is 6.35. The number of benzene rings is 2. The zero-order valence-corrected chi connectivity index (χ0v) is 22.3. The van der Waals surface area contributed by atoms with Gasteiger partial charge in [-0.15, -0.1) is 0 Å². The average Bonchev–Trinajstić information content (AvgIpc) is 3.51. The lowest BCUT2D eigenvalue weighted by molar-refractivity contribution is -0.119. The summed E-state index contributed by atoms with van der Waals surface area (Å²) in [5, 5.41) is 7.32. The lowest BCUT2D eigenvalue weighted by Crippen LogP contribution is -2.35. The van der Waals surface area contributed by atoms with Crippen molar-refractivity contribution in [3.05, 3.63) is 69.2 Å². The van der Waals surface area contributed by atoms with Gasteiger partial charge in [-0.3, -0.25) is 4.79 Å². The summed E-state index contributed by atoms with van der Waals surface area (Å²) in [5.41, 5.74) is 5.13. The molecule has 1 aliphatic carbocycles. The smallest absolute Gasteiger partial charge is 0.236 e. The molecule has 2 N–H and O–H groups in total. The molecule has 37 heavy (non-hydrogen) atoms. The summed E-state index contributed by atoms with van der Waals surface area (Å²) in [6.07, 6.45) is 2.86. The van der Waals surface area contributed by atoms with Gasteiger partial charge in [-0.05, 0) is 48.1 Å². The number of fused-ring (bicyclic) bond motifs is 1. The van der Waals surface area contributed by atoms with Gasteiger partial charge in [-0.25, -0.2) is 0 Å². The summed E-state index contributed by atoms with van der Waals surface area (Å²) in [5.74, 6) is 1.54. The number of nitrogens with one attached hydrogen (secondary N) is 2. The fourth-order valence-electron chi connectivity index (χ4n) is 5.09. The molecular formula is C28H29Cl2N3O4. The van der Waals surface area contributed by atoms with Crippen LogP contribution in [0.2, 0.25) is 10.0 Å². The van der Waals surface area contributed by atoms with Crippen molar-refractivity contribution in [2.75, 3.05) is 20.8 Å². The number of carbonyl (C=O) groups excluding carboxylic acids is 1. The molecule has 3 aromatic rings. The first-order valence-electron chi connectivity index (χ1n) is 12.3. The maximum Gasteiger partial charge on any atom is 0.236 e. The predicted molar refractivity (Wildman–Crippen MR) is 144 cm³/mol. The van der Waals surface area contributed by atoms with Gasteiger partial charge in [0.2, 0.25) is 17.7 Å². The molecule has 2 aromatic carbocycles. The number of methoxy groups -OCH3 is 2. The molecule has 0 radical (unpaired) electrons. The molecule has 2 atom stereocenters. The van der Waals surface area contributed by atoms with Crippen molar-refractivity contribution in [3.63, 3.8) is 0 Å². The Morgan fingerprint density at radius 2 is 1.84 bits per heavy atom. The van der Waals surface area contributed by atoms with Crippen LogP contribution in [0.3, 0.4) is 0 Å². The molecule has 2 heterocycles. The van der Waals surface area contributed by atoms with E-state index >= 15 is 0 Å². The molecule has 1 fully saturated rings. The maximum absolute atomic E-state index is 11.4. The molecule has 1 amide bonds. The van der Waals surface area contributed by atoms with Crippen molar-refractivity contribution >= 4 is 29.1 Å². The molecule has 7 nitrogen and oxygen atoms in total. The van der Waals surface area contributed by atoms with E-state index in [0.29, 0.717) is 47.1 Å². The molecule has 9 heteroatoms. The standard InChI is InChI=1S/C28H29Cl2N3O4/c1-35-24-8-4-7-21(26(24)30)18-5-3-6-20-19(18)10-11-23(20)37-28-22(29)13-16(27(33-28)36-2)14-31-15-17-9-12-25(34)32-17/h3-8,13,17,23,31H,9-12,14-15H2,1-2H3,(H,32,34)/t17-,23-/m0/s1. The Morgan fingerprint density at radius 3 is 2.59 bits per heavy atom. The molecular weight excluding hydrogens is 513 g/mol. The van der Waals surface area contributed by atoms with Crippen molar-refractivity contribution in [2.24, 2.45) is 0 Å². The summed E-state index contributed by atoms with van der Waals surface area (Å²) >= 11 is 13.2. The molecule has 0 spiro atoms. The lowest BCUT2D eigenvalue weighted by atomic mass is 9.96. The first-order chi connectivity index (χ1) is 18.0. The SMILES string of the molecule is COc1cccc(-c2cccc3c2CC[C@@H]3Oc2nc(OC)c(CNC[C@@H]3CCC(=O)N3)cc2Cl)c1Cl. The Bertz CT molecular complexity index is 1320. The second kappa shape index (κ2) is 11.2. The molecule has 0 bridgehead atoms. The number of pyridine rings is 1. The quantitative estimate of drug-likeness (QED) is 0.371. The molecule has 1 saturated heterocycles. The van der Waals surface area contributed by atoms with Crippen molar-refractivity contribution in [3.8, 4) is 28.6 Å². The molecule has 1 aliphatic heterocycles. The van der Waals surface area contributed by atoms with Gasteiger partial charge in [0, 0.05) is 36.7 Å². The van der Waals surface area contributed by atoms with Crippen LogP contribution in [0.1, 0.15) is 42.1 Å². The van der Waals surface area contributed by atoms with Crippen molar-refractivity contribution in [2.45, 2.75) is 44.4 Å². The number of hydrogen-bond acceptors (Lipinski definition) is 6. The number of ether oxygens (including phenoxy) is 3. The van der Waals surface area contributed by atoms with Gasteiger partial charge in [0.05, 0.1) is 19.2 Å². The van der Waals surface area contributed by atoms with Gasteiger partial charge in [-0.2, -0.15) is 4.98 Å². The van der Waals surface area contributed by atoms with Gasteiger partial charge in [0.1, 0.15) is 16.9 Å². The highest BCUT2D eigenvalue weighted by Crippen LogP contribution is 2.44. The van der Waals surface area contributed by atoms with E-state index in [4.69, 9.17) is 37.4 Å². The lowest BCUT2D eigenvalue weighted by Gasteiger charge is -2.18. The van der Waals surface area contributed by atoms with E-state index in [1.54, 1.807) is 14.2 Å². The minimum absolute atomic E-state index is 0.0998. The Labute approximate surface area is 226 Å². The summed E-state index contributed by atoms with van der Waals surface area (Å²) < 4.78 is 17.3. The van der Waals surface area contributed by atoms with E-state index < -0.39 is 0 Å². The van der Waals surface area contributed by atoms with Gasteiger partial charge < -0.3 is 24.8 Å². The third kappa shape index (κ3) is 5.35. The van der Waals surface area contributed by atoms with Gasteiger partial charge in [-0.1, -0.05) is 53.5 Å². The van der Waals surface area contributed by atoms with Crippen LogP contribution >= 0.6 is 23.2 Å². The van der Waals surface area contributed by atoms with Gasteiger partial charge in [0.25, 0.3) is 0 Å². The number of hydrogen-bond donors (Lipinski definition) is 2. The van der Waals surface area contributed by atoms with Crippen LogP contribution in [-0.2, 0) is 17.8 Å². The number of halogens is 2. The summed E-state index contributed by atoms with van der Waals surface area (Å²) in [4.78, 5) is 16.0. The monoisotopic (exact) mass is 541 g/mol. The van der Waals surface area contributed by atoms with Crippen LogP contribution < -0.4 is 24.8 Å². The predicted octanol–water partition coefficient (Wildman–Crippen LogP) is 5.51. The maximum atomic E-state index is 11.4. The third-order valence-corrected chi connectivity index (χ3v) is 7.57. The molecule has 1 aromatic heterocycles. The van der Waals surface area contributed by atoms with Crippen molar-refractivity contribution in [1.29, 1.82) is 0 Å². The van der Waals surface area contributed by atoms with Gasteiger partial charge >= 0.3 is 0 Å². The van der Waals surface area contributed by atoms with Crippen LogP contribution in [0.5, 0.6) is 17.5 Å². The Hall–Kier alpha value is -3.00. The number of aromatic nitrogens is 1. The minimum atomic E-state index is -0.191. The number of nitrogens with zero attached hydrogens (tertiary/aromatic N) is 1. The van der Waals surface area contributed by atoms with Crippen LogP contribution in [0.4, 0.5) is 0 Å². The minimum Gasteiger partial charge on any atom is -0.495 e. The second-order valence-corrected chi connectivity index (χ2v) is 10.0. The first-order valence-corrected chi connectivity index (χ1v) is 13.1. The summed E-state index contributed by atoms with van der Waals surface area (Å²) in [6, 6.07) is 13.9. The molecule has 2 aliphatic rings. The fraction of sp³-hybridized carbons (Fsp3) is 0.357. The zero-order valence-electron chi connectivity index (χ0n) is 20.8. The van der Waals surface area contributed by atoms with Crippen LogP contribution in [0.15, 0.2) is 42.5 Å². The summed E-state index contributed by atoms with van der Waals surface area (Å²) in [7, 11) is 3.20. The largest absolute Gasteiger partial charge is 0.495 e. The first kappa shape index (κ1) is 25.6. The Morgan fingerprint density at radius 1 is 1.03 bits per heavy atom. The van der Waals surface area contributed by atoms with Crippen LogP contribution in [-0.4, -0.2) is 37.7 Å². The zero-order chi connectivity index (χ0) is 25.9. The van der Waals surface area contributed by atoms with E-state index in [9.17, 15) is 4.79 Å². The topological polar surface area (TPSA) is 81.7 Å². The van der Waals surface area contributed by atoms with E-state index in [-0.39, 0.29) is 18.1 Å². The molecule has 5 rings (SSSR count). The second-order valence-electron chi connectivity index (χ2n) is 9.22. The van der Waals surface area contributed by atoms with Gasteiger partial charge in [0.15, 0.2) is 0 Å². The van der Waals surface area contributed by atoms with Crippen LogP contribution in [0.25, 0.3) is 11.1 Å². The van der Waals surface area contributed by atoms with E-state index in [1.165, 1.54) is 5.56 Å². The fourth-order valence-corrected chi connectivity index (χ4v) is 5.62. The summed E-state index contributed by atoms with van der Waals surface area (Å²) in [6.45, 7) is 1.18. The Kier molecular flexibility index (Phi) is 7.74. The van der Waals surface area contributed by atoms with Crippen molar-refractivity contribution < 1.29 is 19.0 Å². The molecule has 0 saturated carbocycles. The highest BCUT2D eigenvalue weighted by Gasteiger charge is 2.29.